The summed E-state index contributed by atoms with van der Waals surface area (Å²) < 4.78 is 10.3. The second-order valence-electron chi connectivity index (χ2n) is 5.00. The van der Waals surface area contributed by atoms with E-state index in [0.29, 0.717) is 0 Å². The molecule has 1 aliphatic heterocycles. The third-order valence-electron chi connectivity index (χ3n) is 3.48. The number of piperidine rings is 1. The van der Waals surface area contributed by atoms with Gasteiger partial charge in [0.25, 0.3) is 0 Å². The number of hydrogen-bond donors (Lipinski definition) is 1. The minimum absolute atomic E-state index is 0.824. The molecule has 0 aromatic rings. The zero-order chi connectivity index (χ0) is 13.8. The summed E-state index contributed by atoms with van der Waals surface area (Å²) in [5.74, 6) is 1.24. The van der Waals surface area contributed by atoms with Crippen LogP contribution >= 0.6 is 11.8 Å². The molecule has 1 N–H and O–H groups in total. The molecule has 0 unspecified atom stereocenters. The number of ether oxygens (including phenoxy) is 2. The molecule has 0 radical (unpaired) electrons. The van der Waals surface area contributed by atoms with Gasteiger partial charge in [0, 0.05) is 51.5 Å². The van der Waals surface area contributed by atoms with Crippen molar-refractivity contribution in [3.05, 3.63) is 0 Å². The molecule has 1 rings (SSSR count). The first-order chi connectivity index (χ1) is 9.36. The lowest BCUT2D eigenvalue weighted by Crippen LogP contribution is -2.33. The maximum absolute atomic E-state index is 5.19. The molecule has 0 aromatic heterocycles. The Morgan fingerprint density at radius 1 is 1.05 bits per heavy atom. The molecule has 114 valence electrons. The third-order valence-corrected chi connectivity index (χ3v) is 4.84. The van der Waals surface area contributed by atoms with Crippen molar-refractivity contribution in [3.63, 3.8) is 0 Å². The van der Waals surface area contributed by atoms with Gasteiger partial charge in [-0.3, -0.25) is 0 Å². The highest BCUT2D eigenvalue weighted by Crippen LogP contribution is 2.19. The van der Waals surface area contributed by atoms with Crippen LogP contribution in [-0.2, 0) is 9.47 Å². The average Bonchev–Trinajstić information content (AvgIpc) is 2.45. The van der Waals surface area contributed by atoms with Crippen molar-refractivity contribution in [3.8, 4) is 0 Å². The average molecular weight is 290 g/mol. The Labute approximate surface area is 122 Å². The second kappa shape index (κ2) is 12.0. The fourth-order valence-corrected chi connectivity index (χ4v) is 3.56. The maximum Gasteiger partial charge on any atom is 0.0589 e. The lowest BCUT2D eigenvalue weighted by atomic mass is 10.2. The zero-order valence-electron chi connectivity index (χ0n) is 12.5. The van der Waals surface area contributed by atoms with Crippen LogP contribution in [0.2, 0.25) is 0 Å². The Balaban J connectivity index is 2.11. The SMILES string of the molecule is COCCCN(CCOC)CCSC1CCNCC1. The molecule has 0 bridgehead atoms. The van der Waals surface area contributed by atoms with E-state index in [9.17, 15) is 0 Å². The van der Waals surface area contributed by atoms with Crippen molar-refractivity contribution in [1.82, 2.24) is 10.2 Å². The molecule has 0 aliphatic carbocycles. The largest absolute Gasteiger partial charge is 0.385 e. The fourth-order valence-electron chi connectivity index (χ4n) is 2.30. The Morgan fingerprint density at radius 3 is 2.47 bits per heavy atom. The van der Waals surface area contributed by atoms with E-state index in [1.54, 1.807) is 14.2 Å². The van der Waals surface area contributed by atoms with Crippen LogP contribution < -0.4 is 5.32 Å². The summed E-state index contributed by atoms with van der Waals surface area (Å²) in [4.78, 5) is 2.50. The predicted molar refractivity (Wildman–Crippen MR) is 83.2 cm³/mol. The number of nitrogens with zero attached hydrogens (tertiary/aromatic N) is 1. The number of rotatable bonds is 11. The Hall–Kier alpha value is 0.190. The van der Waals surface area contributed by atoms with Gasteiger partial charge in [0.15, 0.2) is 0 Å². The summed E-state index contributed by atoms with van der Waals surface area (Å²) in [6.45, 7) is 7.38. The standard InChI is InChI=1S/C14H30N2O2S/c1-17-11-3-8-16(9-12-18-2)10-13-19-14-4-6-15-7-5-14/h14-15H,3-13H2,1-2H3. The van der Waals surface area contributed by atoms with Crippen LogP contribution in [-0.4, -0.2) is 76.1 Å². The van der Waals surface area contributed by atoms with Crippen LogP contribution in [0.4, 0.5) is 0 Å². The van der Waals surface area contributed by atoms with Crippen LogP contribution in [0.3, 0.4) is 0 Å². The first kappa shape index (κ1) is 17.2. The van der Waals surface area contributed by atoms with E-state index < -0.39 is 0 Å². The fraction of sp³-hybridized carbons (Fsp3) is 1.00. The van der Waals surface area contributed by atoms with Crippen molar-refractivity contribution in [1.29, 1.82) is 0 Å². The molecule has 0 amide bonds. The Morgan fingerprint density at radius 2 is 1.79 bits per heavy atom. The highest BCUT2D eigenvalue weighted by Gasteiger charge is 2.13. The molecular weight excluding hydrogens is 260 g/mol. The number of nitrogens with one attached hydrogen (secondary N) is 1. The van der Waals surface area contributed by atoms with E-state index in [1.807, 2.05) is 0 Å². The van der Waals surface area contributed by atoms with E-state index in [0.717, 1.165) is 38.0 Å². The summed E-state index contributed by atoms with van der Waals surface area (Å²) >= 11 is 2.14. The Kier molecular flexibility index (Phi) is 10.9. The van der Waals surface area contributed by atoms with Crippen LogP contribution in [0.25, 0.3) is 0 Å². The summed E-state index contributed by atoms with van der Waals surface area (Å²) in [6.07, 6.45) is 3.76. The normalized spacial score (nSPS) is 17.2. The lowest BCUT2D eigenvalue weighted by molar-refractivity contribution is 0.136. The van der Waals surface area contributed by atoms with Gasteiger partial charge in [-0.25, -0.2) is 0 Å². The van der Waals surface area contributed by atoms with Gasteiger partial charge >= 0.3 is 0 Å². The molecule has 1 heterocycles. The van der Waals surface area contributed by atoms with Crippen molar-refractivity contribution < 1.29 is 9.47 Å². The van der Waals surface area contributed by atoms with Crippen molar-refractivity contribution in [2.24, 2.45) is 0 Å². The highest BCUT2D eigenvalue weighted by molar-refractivity contribution is 7.99. The first-order valence-electron chi connectivity index (χ1n) is 7.39. The smallest absolute Gasteiger partial charge is 0.0589 e. The quantitative estimate of drug-likeness (QED) is 0.583. The predicted octanol–water partition coefficient (Wildman–Crippen LogP) is 1.46. The molecule has 0 aromatic carbocycles. The number of hydrogen-bond acceptors (Lipinski definition) is 5. The van der Waals surface area contributed by atoms with Crippen molar-refractivity contribution in [2.45, 2.75) is 24.5 Å². The second-order valence-corrected chi connectivity index (χ2v) is 6.41. The van der Waals surface area contributed by atoms with Gasteiger partial charge in [0.05, 0.1) is 6.61 Å². The minimum atomic E-state index is 0.824. The molecular formula is C14H30N2O2S. The van der Waals surface area contributed by atoms with Gasteiger partial charge in [0.1, 0.15) is 0 Å². The first-order valence-corrected chi connectivity index (χ1v) is 8.44. The van der Waals surface area contributed by atoms with Gasteiger partial charge in [-0.1, -0.05) is 0 Å². The van der Waals surface area contributed by atoms with Crippen LogP contribution in [0.1, 0.15) is 19.3 Å². The molecule has 0 atom stereocenters. The summed E-state index contributed by atoms with van der Waals surface area (Å²) in [5.41, 5.74) is 0. The lowest BCUT2D eigenvalue weighted by Gasteiger charge is -2.25. The van der Waals surface area contributed by atoms with E-state index in [4.69, 9.17) is 9.47 Å². The summed E-state index contributed by atoms with van der Waals surface area (Å²) in [6, 6.07) is 0. The Bertz CT molecular complexity index is 202. The molecule has 4 nitrogen and oxygen atoms in total. The van der Waals surface area contributed by atoms with E-state index in [2.05, 4.69) is 22.0 Å². The third kappa shape index (κ3) is 8.87. The highest BCUT2D eigenvalue weighted by atomic mass is 32.2. The monoisotopic (exact) mass is 290 g/mol. The van der Waals surface area contributed by atoms with Gasteiger partial charge in [0.2, 0.25) is 0 Å². The molecule has 0 spiro atoms. The maximum atomic E-state index is 5.19. The molecule has 1 aliphatic rings. The number of methoxy groups -OCH3 is 2. The van der Waals surface area contributed by atoms with Gasteiger partial charge in [-0.05, 0) is 32.4 Å². The minimum Gasteiger partial charge on any atom is -0.385 e. The molecule has 5 heteroatoms. The number of thioether (sulfide) groups is 1. The van der Waals surface area contributed by atoms with E-state index >= 15 is 0 Å². The van der Waals surface area contributed by atoms with Crippen LogP contribution in [0, 0.1) is 0 Å². The van der Waals surface area contributed by atoms with Gasteiger partial charge in [-0.2, -0.15) is 11.8 Å². The zero-order valence-corrected chi connectivity index (χ0v) is 13.3. The summed E-state index contributed by atoms with van der Waals surface area (Å²) in [7, 11) is 3.55. The van der Waals surface area contributed by atoms with Gasteiger partial charge < -0.3 is 19.7 Å². The molecule has 1 saturated heterocycles. The molecule has 0 saturated carbocycles. The van der Waals surface area contributed by atoms with Crippen LogP contribution in [0.15, 0.2) is 0 Å². The summed E-state index contributed by atoms with van der Waals surface area (Å²) in [5, 5.41) is 4.29. The van der Waals surface area contributed by atoms with Crippen LogP contribution in [0.5, 0.6) is 0 Å². The molecule has 19 heavy (non-hydrogen) atoms. The van der Waals surface area contributed by atoms with Gasteiger partial charge in [-0.15, -0.1) is 0 Å². The van der Waals surface area contributed by atoms with E-state index in [1.165, 1.54) is 38.2 Å². The topological polar surface area (TPSA) is 33.7 Å². The van der Waals surface area contributed by atoms with E-state index in [-0.39, 0.29) is 0 Å². The van der Waals surface area contributed by atoms with Crippen molar-refractivity contribution in [2.75, 3.05) is 65.9 Å². The van der Waals surface area contributed by atoms with Crippen molar-refractivity contribution >= 4 is 11.8 Å². The molecule has 1 fully saturated rings.